The normalized spacial score (nSPS) is 12.3. The Hall–Kier alpha value is -0.680. The van der Waals surface area contributed by atoms with Crippen LogP contribution in [0.1, 0.15) is 18.7 Å². The third kappa shape index (κ3) is 3.89. The molecule has 0 aliphatic rings. The molecule has 0 aliphatic carbocycles. The SMILES string of the molecule is CN(C)C(C)(C)CNCc1cc(-c2cccs2)cs1. The summed E-state index contributed by atoms with van der Waals surface area (Å²) in [4.78, 5) is 5.01. The molecule has 104 valence electrons. The van der Waals surface area contributed by atoms with E-state index in [0.717, 1.165) is 13.1 Å². The van der Waals surface area contributed by atoms with E-state index >= 15 is 0 Å². The fourth-order valence-corrected chi connectivity index (χ4v) is 3.34. The first-order valence-corrected chi connectivity index (χ1v) is 8.24. The highest BCUT2D eigenvalue weighted by Crippen LogP contribution is 2.29. The van der Waals surface area contributed by atoms with E-state index in [9.17, 15) is 0 Å². The zero-order chi connectivity index (χ0) is 13.9. The summed E-state index contributed by atoms with van der Waals surface area (Å²) in [5.41, 5.74) is 1.54. The van der Waals surface area contributed by atoms with Gasteiger partial charge in [-0.25, -0.2) is 0 Å². The van der Waals surface area contributed by atoms with E-state index < -0.39 is 0 Å². The molecule has 0 saturated carbocycles. The fourth-order valence-electron chi connectivity index (χ4n) is 1.70. The zero-order valence-corrected chi connectivity index (χ0v) is 13.7. The quantitative estimate of drug-likeness (QED) is 0.869. The van der Waals surface area contributed by atoms with Crippen molar-refractivity contribution in [3.63, 3.8) is 0 Å². The summed E-state index contributed by atoms with van der Waals surface area (Å²) in [5.74, 6) is 0. The molecule has 4 heteroatoms. The molecular formula is C15H22N2S2. The van der Waals surface area contributed by atoms with Crippen molar-refractivity contribution in [1.82, 2.24) is 10.2 Å². The van der Waals surface area contributed by atoms with Crippen molar-refractivity contribution in [2.45, 2.75) is 25.9 Å². The van der Waals surface area contributed by atoms with Gasteiger partial charge in [0.25, 0.3) is 0 Å². The van der Waals surface area contributed by atoms with Crippen molar-refractivity contribution in [1.29, 1.82) is 0 Å². The summed E-state index contributed by atoms with van der Waals surface area (Å²) in [6, 6.07) is 6.58. The molecule has 2 nitrogen and oxygen atoms in total. The van der Waals surface area contributed by atoms with Crippen LogP contribution in [0.25, 0.3) is 10.4 Å². The molecule has 0 radical (unpaired) electrons. The molecule has 0 fully saturated rings. The number of rotatable bonds is 6. The van der Waals surface area contributed by atoms with Gasteiger partial charge in [-0.2, -0.15) is 0 Å². The molecule has 2 aromatic heterocycles. The first-order chi connectivity index (χ1) is 8.99. The molecular weight excluding hydrogens is 272 g/mol. The van der Waals surface area contributed by atoms with Gasteiger partial charge in [0.2, 0.25) is 0 Å². The van der Waals surface area contributed by atoms with Crippen LogP contribution in [-0.2, 0) is 6.54 Å². The highest BCUT2D eigenvalue weighted by Gasteiger charge is 2.19. The summed E-state index contributed by atoms with van der Waals surface area (Å²) in [6.45, 7) is 6.45. The van der Waals surface area contributed by atoms with Gasteiger partial charge in [0, 0.05) is 33.9 Å². The Morgan fingerprint density at radius 3 is 2.68 bits per heavy atom. The van der Waals surface area contributed by atoms with E-state index in [1.807, 2.05) is 11.3 Å². The predicted octanol–water partition coefficient (Wildman–Crippen LogP) is 3.91. The Balaban J connectivity index is 1.88. The van der Waals surface area contributed by atoms with Crippen LogP contribution in [0.5, 0.6) is 0 Å². The van der Waals surface area contributed by atoms with E-state index in [4.69, 9.17) is 0 Å². The summed E-state index contributed by atoms with van der Waals surface area (Å²) in [5, 5.41) is 7.93. The van der Waals surface area contributed by atoms with Crippen molar-refractivity contribution < 1.29 is 0 Å². The Morgan fingerprint density at radius 1 is 1.26 bits per heavy atom. The Labute approximate surface area is 124 Å². The van der Waals surface area contributed by atoms with Gasteiger partial charge in [0.1, 0.15) is 0 Å². The van der Waals surface area contributed by atoms with E-state index in [1.165, 1.54) is 15.3 Å². The number of likely N-dealkylation sites (N-methyl/N-ethyl adjacent to an activating group) is 1. The van der Waals surface area contributed by atoms with Crippen molar-refractivity contribution in [3.05, 3.63) is 33.8 Å². The molecule has 2 aromatic rings. The molecule has 19 heavy (non-hydrogen) atoms. The highest BCUT2D eigenvalue weighted by molar-refractivity contribution is 7.14. The molecule has 0 aliphatic heterocycles. The lowest BCUT2D eigenvalue weighted by molar-refractivity contribution is 0.190. The number of nitrogens with zero attached hydrogens (tertiary/aromatic N) is 1. The second kappa shape index (κ2) is 6.18. The first-order valence-electron chi connectivity index (χ1n) is 6.48. The summed E-state index contributed by atoms with van der Waals surface area (Å²) < 4.78 is 0. The van der Waals surface area contributed by atoms with Crippen LogP contribution in [0.4, 0.5) is 0 Å². The van der Waals surface area contributed by atoms with Gasteiger partial charge >= 0.3 is 0 Å². The number of hydrogen-bond acceptors (Lipinski definition) is 4. The minimum absolute atomic E-state index is 0.188. The average molecular weight is 294 g/mol. The van der Waals surface area contributed by atoms with Crippen LogP contribution in [-0.4, -0.2) is 31.1 Å². The fraction of sp³-hybridized carbons (Fsp3) is 0.467. The average Bonchev–Trinajstić information content (AvgIpc) is 2.98. The number of thiophene rings is 2. The van der Waals surface area contributed by atoms with Crippen LogP contribution < -0.4 is 5.32 Å². The first kappa shape index (κ1) is 14.7. The summed E-state index contributed by atoms with van der Waals surface area (Å²) in [6.07, 6.45) is 0. The minimum atomic E-state index is 0.188. The van der Waals surface area contributed by atoms with Gasteiger partial charge in [-0.3, -0.25) is 0 Å². The van der Waals surface area contributed by atoms with Gasteiger partial charge in [-0.1, -0.05) is 6.07 Å². The molecule has 0 amide bonds. The van der Waals surface area contributed by atoms with Gasteiger partial charge in [0.15, 0.2) is 0 Å². The van der Waals surface area contributed by atoms with Gasteiger partial charge in [0.05, 0.1) is 0 Å². The van der Waals surface area contributed by atoms with Crippen LogP contribution in [0, 0.1) is 0 Å². The number of hydrogen-bond donors (Lipinski definition) is 1. The van der Waals surface area contributed by atoms with Crippen LogP contribution >= 0.6 is 22.7 Å². The Bertz CT molecular complexity index is 498. The van der Waals surface area contributed by atoms with Crippen molar-refractivity contribution in [2.24, 2.45) is 0 Å². The lowest BCUT2D eigenvalue weighted by Gasteiger charge is -2.32. The molecule has 0 unspecified atom stereocenters. The van der Waals surface area contributed by atoms with Crippen molar-refractivity contribution in [3.8, 4) is 10.4 Å². The summed E-state index contributed by atoms with van der Waals surface area (Å²) >= 11 is 3.64. The molecule has 1 N–H and O–H groups in total. The monoisotopic (exact) mass is 294 g/mol. The molecule has 0 atom stereocenters. The maximum Gasteiger partial charge on any atom is 0.0351 e. The van der Waals surface area contributed by atoms with Gasteiger partial charge in [-0.15, -0.1) is 22.7 Å². The molecule has 2 heterocycles. The van der Waals surface area contributed by atoms with Crippen LogP contribution in [0.3, 0.4) is 0 Å². The van der Waals surface area contributed by atoms with E-state index in [2.05, 4.69) is 67.1 Å². The second-order valence-corrected chi connectivity index (χ2v) is 7.53. The minimum Gasteiger partial charge on any atom is -0.310 e. The molecule has 0 saturated heterocycles. The van der Waals surface area contributed by atoms with Gasteiger partial charge in [-0.05, 0) is 50.8 Å². The van der Waals surface area contributed by atoms with E-state index in [0.29, 0.717) is 0 Å². The molecule has 2 rings (SSSR count). The smallest absolute Gasteiger partial charge is 0.0351 e. The maximum absolute atomic E-state index is 3.55. The van der Waals surface area contributed by atoms with Crippen molar-refractivity contribution in [2.75, 3.05) is 20.6 Å². The van der Waals surface area contributed by atoms with Gasteiger partial charge < -0.3 is 10.2 Å². The largest absolute Gasteiger partial charge is 0.310 e. The maximum atomic E-state index is 3.55. The second-order valence-electron chi connectivity index (χ2n) is 5.59. The highest BCUT2D eigenvalue weighted by atomic mass is 32.1. The molecule has 0 aromatic carbocycles. The standard InChI is InChI=1S/C15H22N2S2/c1-15(2,17(3)4)11-16-9-13-8-12(10-19-13)14-6-5-7-18-14/h5-8,10,16H,9,11H2,1-4H3. The third-order valence-corrected chi connectivity index (χ3v) is 5.38. The summed E-state index contributed by atoms with van der Waals surface area (Å²) in [7, 11) is 4.25. The third-order valence-electron chi connectivity index (χ3n) is 3.53. The zero-order valence-electron chi connectivity index (χ0n) is 12.1. The molecule has 0 spiro atoms. The predicted molar refractivity (Wildman–Crippen MR) is 87.1 cm³/mol. The lowest BCUT2D eigenvalue weighted by Crippen LogP contribution is -2.46. The topological polar surface area (TPSA) is 15.3 Å². The van der Waals surface area contributed by atoms with Crippen LogP contribution in [0.15, 0.2) is 29.0 Å². The number of nitrogens with one attached hydrogen (secondary N) is 1. The van der Waals surface area contributed by atoms with Crippen LogP contribution in [0.2, 0.25) is 0 Å². The van der Waals surface area contributed by atoms with E-state index in [-0.39, 0.29) is 5.54 Å². The van der Waals surface area contributed by atoms with E-state index in [1.54, 1.807) is 11.3 Å². The molecule has 0 bridgehead atoms. The lowest BCUT2D eigenvalue weighted by atomic mass is 10.0. The van der Waals surface area contributed by atoms with Crippen molar-refractivity contribution >= 4 is 22.7 Å². The Morgan fingerprint density at radius 2 is 2.05 bits per heavy atom. The Kier molecular flexibility index (Phi) is 4.79.